The first kappa shape index (κ1) is 38.8. The van der Waals surface area contributed by atoms with Gasteiger partial charge in [-0.25, -0.2) is 19.4 Å². The highest BCUT2D eigenvalue weighted by molar-refractivity contribution is 6.24. The fourth-order valence-corrected chi connectivity index (χ4v) is 6.70. The number of carbonyl (C=O) groups is 2. The van der Waals surface area contributed by atoms with E-state index in [0.29, 0.717) is 57.1 Å². The monoisotopic (exact) mass is 770 g/mol. The lowest BCUT2D eigenvalue weighted by molar-refractivity contribution is -0.163. The summed E-state index contributed by atoms with van der Waals surface area (Å²) in [5, 5.41) is 16.1. The van der Waals surface area contributed by atoms with Crippen LogP contribution in [0.2, 0.25) is 0 Å². The summed E-state index contributed by atoms with van der Waals surface area (Å²) in [5.41, 5.74) is -6.95. The van der Waals surface area contributed by atoms with E-state index in [1.54, 1.807) is 0 Å². The number of hydrogen-bond acceptors (Lipinski definition) is 9. The van der Waals surface area contributed by atoms with Gasteiger partial charge in [-0.05, 0) is 50.2 Å². The van der Waals surface area contributed by atoms with Crippen LogP contribution in [0, 0.1) is 11.6 Å². The summed E-state index contributed by atoms with van der Waals surface area (Å²) < 4.78 is 123. The molecule has 2 aliphatic heterocycles. The van der Waals surface area contributed by atoms with Gasteiger partial charge in [0, 0.05) is 24.7 Å². The first-order valence-corrected chi connectivity index (χ1v) is 16.7. The van der Waals surface area contributed by atoms with Crippen molar-refractivity contribution in [1.29, 1.82) is 0 Å². The Balaban J connectivity index is 1.30. The number of amides is 2. The highest BCUT2D eigenvalue weighted by Gasteiger charge is 2.53. The van der Waals surface area contributed by atoms with Crippen molar-refractivity contribution in [3.8, 4) is 17.0 Å². The number of aliphatic hydroxyl groups is 1. The van der Waals surface area contributed by atoms with Gasteiger partial charge < -0.3 is 19.9 Å². The quantitative estimate of drug-likeness (QED) is 0.186. The minimum absolute atomic E-state index is 0.0441. The summed E-state index contributed by atoms with van der Waals surface area (Å²) in [6.07, 6.45) is -7.90. The molecule has 0 unspecified atom stereocenters. The van der Waals surface area contributed by atoms with Gasteiger partial charge in [0.1, 0.15) is 30.0 Å². The van der Waals surface area contributed by atoms with Gasteiger partial charge in [0.25, 0.3) is 11.8 Å². The molecule has 19 heteroatoms. The zero-order chi connectivity index (χ0) is 39.2. The maximum Gasteiger partial charge on any atom is 0.433 e. The first-order valence-electron chi connectivity index (χ1n) is 16.7. The van der Waals surface area contributed by atoms with Gasteiger partial charge in [0.05, 0.1) is 48.3 Å². The average Bonchev–Trinajstić information content (AvgIpc) is 3.59. The maximum atomic E-state index is 15.5. The lowest BCUT2D eigenvalue weighted by Crippen LogP contribution is -2.62. The van der Waals surface area contributed by atoms with Crippen molar-refractivity contribution in [2.24, 2.45) is 0 Å². The van der Waals surface area contributed by atoms with E-state index in [-0.39, 0.29) is 36.8 Å². The van der Waals surface area contributed by atoms with Gasteiger partial charge in [0.15, 0.2) is 11.6 Å². The van der Waals surface area contributed by atoms with Gasteiger partial charge in [-0.15, -0.1) is 0 Å². The van der Waals surface area contributed by atoms with Crippen LogP contribution in [0.5, 0.6) is 5.75 Å². The van der Waals surface area contributed by atoms with Gasteiger partial charge in [0.2, 0.25) is 5.82 Å². The second kappa shape index (κ2) is 14.7. The van der Waals surface area contributed by atoms with Crippen LogP contribution in [0.15, 0.2) is 54.1 Å². The van der Waals surface area contributed by atoms with Gasteiger partial charge in [-0.2, -0.15) is 30.7 Å². The SMILES string of the molecule is CN(CCOc1ccc(CN2C(=O)C(C(=O)Nc3ccc(C(F)(F)F)cc3-c3cc(C(F)(F)F)ncn3)=C(O)C3(CCCC3)N2C)c(F)c1F)C1COC1. The Bertz CT molecular complexity index is 1960. The van der Waals surface area contributed by atoms with Crippen LogP contribution in [0.4, 0.5) is 40.8 Å². The molecule has 3 heterocycles. The number of likely N-dealkylation sites (N-methyl/N-ethyl adjacent to an activating group) is 2. The summed E-state index contributed by atoms with van der Waals surface area (Å²) in [6.45, 7) is 0.958. The number of rotatable bonds is 10. The molecule has 2 fully saturated rings. The smallest absolute Gasteiger partial charge is 0.433 e. The van der Waals surface area contributed by atoms with Crippen molar-refractivity contribution >= 4 is 17.5 Å². The maximum absolute atomic E-state index is 15.5. The van der Waals surface area contributed by atoms with Crippen LogP contribution < -0.4 is 10.1 Å². The van der Waals surface area contributed by atoms with E-state index >= 15 is 8.78 Å². The molecule has 3 aliphatic rings. The standard InChI is InChI=1S/C35H34F8N6O5/c1-47(21-16-53-17-21)11-12-54-25-8-5-19(28(36)29(25)37)15-49-32(52)27(30(50)33(48(49)2)9-3-4-10-33)31(51)46-23-7-6-20(34(38,39)40)13-22(23)24-14-26(35(41,42)43)45-18-44-24/h5-8,13-14,18,21,50H,3-4,9-12,15-17H2,1-2H3,(H,46,51). The number of nitrogens with one attached hydrogen (secondary N) is 1. The fourth-order valence-electron chi connectivity index (χ4n) is 6.70. The van der Waals surface area contributed by atoms with Crippen LogP contribution in [-0.2, 0) is 33.2 Å². The van der Waals surface area contributed by atoms with Crippen molar-refractivity contribution in [1.82, 2.24) is 24.9 Å². The molecule has 1 aliphatic carbocycles. The third-order valence-corrected chi connectivity index (χ3v) is 9.99. The van der Waals surface area contributed by atoms with Crippen molar-refractivity contribution in [2.75, 3.05) is 45.8 Å². The van der Waals surface area contributed by atoms with Crippen molar-refractivity contribution < 1.29 is 59.3 Å². The number of anilines is 1. The number of benzene rings is 2. The molecule has 0 bridgehead atoms. The molecule has 2 amide bonds. The Kier molecular flexibility index (Phi) is 10.6. The average molecular weight is 771 g/mol. The summed E-state index contributed by atoms with van der Waals surface area (Å²) >= 11 is 0. The number of carbonyl (C=O) groups excluding carboxylic acids is 2. The van der Waals surface area contributed by atoms with E-state index in [0.717, 1.165) is 11.1 Å². The molecule has 3 aromatic rings. The molecule has 1 spiro atoms. The molecule has 6 rings (SSSR count). The van der Waals surface area contributed by atoms with Gasteiger partial charge in [-0.1, -0.05) is 18.9 Å². The van der Waals surface area contributed by atoms with Crippen LogP contribution in [-0.4, -0.2) is 93.8 Å². The predicted molar refractivity (Wildman–Crippen MR) is 174 cm³/mol. The van der Waals surface area contributed by atoms with Crippen molar-refractivity contribution in [3.05, 3.63) is 82.5 Å². The molecule has 1 saturated heterocycles. The molecule has 1 aromatic heterocycles. The Morgan fingerprint density at radius 1 is 1.04 bits per heavy atom. The fraction of sp³-hybridized carbons (Fsp3) is 0.429. The molecule has 0 atom stereocenters. The van der Waals surface area contributed by atoms with E-state index in [1.165, 1.54) is 24.2 Å². The van der Waals surface area contributed by atoms with Crippen LogP contribution in [0.1, 0.15) is 42.5 Å². The molecular weight excluding hydrogens is 736 g/mol. The van der Waals surface area contributed by atoms with Gasteiger partial charge >= 0.3 is 12.4 Å². The Labute approximate surface area is 303 Å². The zero-order valence-corrected chi connectivity index (χ0v) is 28.8. The second-order valence-electron chi connectivity index (χ2n) is 13.2. The number of ether oxygens (including phenoxy) is 2. The highest BCUT2D eigenvalue weighted by Crippen LogP contribution is 2.45. The molecule has 54 heavy (non-hydrogen) atoms. The van der Waals surface area contributed by atoms with Crippen molar-refractivity contribution in [3.63, 3.8) is 0 Å². The highest BCUT2D eigenvalue weighted by atomic mass is 19.4. The third kappa shape index (κ3) is 7.43. The van der Waals surface area contributed by atoms with E-state index in [4.69, 9.17) is 9.47 Å². The molecule has 0 radical (unpaired) electrons. The molecule has 11 nitrogen and oxygen atoms in total. The predicted octanol–water partition coefficient (Wildman–Crippen LogP) is 6.12. The Hall–Kier alpha value is -4.88. The first-order chi connectivity index (χ1) is 25.4. The topological polar surface area (TPSA) is 120 Å². The summed E-state index contributed by atoms with van der Waals surface area (Å²) in [4.78, 5) is 36.7. The largest absolute Gasteiger partial charge is 0.509 e. The number of aliphatic hydroxyl groups excluding tert-OH is 1. The van der Waals surface area contributed by atoms with E-state index in [9.17, 15) is 41.0 Å². The number of aromatic nitrogens is 2. The Morgan fingerprint density at radius 3 is 2.37 bits per heavy atom. The summed E-state index contributed by atoms with van der Waals surface area (Å²) in [6, 6.07) is 4.81. The summed E-state index contributed by atoms with van der Waals surface area (Å²) in [5.74, 6) is -6.14. The number of alkyl halides is 6. The third-order valence-electron chi connectivity index (χ3n) is 9.99. The molecule has 2 aromatic carbocycles. The minimum Gasteiger partial charge on any atom is -0.509 e. The van der Waals surface area contributed by atoms with Gasteiger partial charge in [-0.3, -0.25) is 19.5 Å². The van der Waals surface area contributed by atoms with E-state index in [2.05, 4.69) is 15.3 Å². The van der Waals surface area contributed by atoms with Crippen LogP contribution in [0.25, 0.3) is 11.3 Å². The number of hydrogen-bond donors (Lipinski definition) is 2. The molecule has 1 saturated carbocycles. The zero-order valence-electron chi connectivity index (χ0n) is 28.8. The minimum atomic E-state index is -4.99. The normalized spacial score (nSPS) is 18.1. The molecule has 2 N–H and O–H groups in total. The summed E-state index contributed by atoms with van der Waals surface area (Å²) in [7, 11) is 3.28. The van der Waals surface area contributed by atoms with E-state index in [1.807, 2.05) is 11.9 Å². The van der Waals surface area contributed by atoms with Crippen LogP contribution >= 0.6 is 0 Å². The number of halogens is 8. The lowest BCUT2D eigenvalue weighted by atomic mass is 9.88. The van der Waals surface area contributed by atoms with E-state index < -0.39 is 87.4 Å². The molecule has 290 valence electrons. The second-order valence-corrected chi connectivity index (χ2v) is 13.2. The molecular formula is C35H34F8N6O5. The number of hydrazine groups is 1. The van der Waals surface area contributed by atoms with Crippen LogP contribution in [0.3, 0.4) is 0 Å². The number of nitrogens with zero attached hydrogens (tertiary/aromatic N) is 5. The lowest BCUT2D eigenvalue weighted by Gasteiger charge is -2.48. The Morgan fingerprint density at radius 2 is 1.74 bits per heavy atom. The van der Waals surface area contributed by atoms with Crippen molar-refractivity contribution in [2.45, 2.75) is 56.2 Å².